The van der Waals surface area contributed by atoms with Crippen LogP contribution in [-0.4, -0.2) is 16.6 Å². The summed E-state index contributed by atoms with van der Waals surface area (Å²) in [5.41, 5.74) is 6.82. The summed E-state index contributed by atoms with van der Waals surface area (Å²) in [5.74, 6) is -0.218. The van der Waals surface area contributed by atoms with Crippen molar-refractivity contribution in [3.63, 3.8) is 0 Å². The summed E-state index contributed by atoms with van der Waals surface area (Å²) in [6, 6.07) is 11.8. The van der Waals surface area contributed by atoms with Gasteiger partial charge in [-0.05, 0) is 36.1 Å². The molecule has 0 unspecified atom stereocenters. The van der Waals surface area contributed by atoms with Gasteiger partial charge in [-0.3, -0.25) is 9.78 Å². The molecule has 0 spiro atoms. The van der Waals surface area contributed by atoms with Crippen LogP contribution in [0.1, 0.15) is 27.9 Å². The number of carbonyl (C=O) groups excluding carboxylic acids is 1. The van der Waals surface area contributed by atoms with Crippen molar-refractivity contribution in [3.05, 3.63) is 65.5 Å². The smallest absolute Gasteiger partial charge is 0.267 e. The minimum Gasteiger partial charge on any atom is -0.267 e. The average Bonchev–Trinajstić information content (AvgIpc) is 2.53. The lowest BCUT2D eigenvalue weighted by Gasteiger charge is -2.17. The predicted octanol–water partition coefficient (Wildman–Crippen LogP) is 2.36. The predicted molar refractivity (Wildman–Crippen MR) is 77.6 cm³/mol. The molecule has 0 aliphatic heterocycles. The molecule has 1 aromatic heterocycles. The molecule has 4 heteroatoms. The second-order valence-electron chi connectivity index (χ2n) is 4.81. The second-order valence-corrected chi connectivity index (χ2v) is 4.81. The summed E-state index contributed by atoms with van der Waals surface area (Å²) < 4.78 is 0. The van der Waals surface area contributed by atoms with Gasteiger partial charge in [0.2, 0.25) is 0 Å². The van der Waals surface area contributed by atoms with Crippen molar-refractivity contribution in [1.29, 1.82) is 0 Å². The van der Waals surface area contributed by atoms with Gasteiger partial charge >= 0.3 is 0 Å². The highest BCUT2D eigenvalue weighted by atomic mass is 16.2. The molecule has 0 fully saturated rings. The zero-order valence-electron chi connectivity index (χ0n) is 11.0. The van der Waals surface area contributed by atoms with Crippen LogP contribution in [0.25, 0.3) is 0 Å². The maximum absolute atomic E-state index is 11.9. The Morgan fingerprint density at radius 1 is 1.10 bits per heavy atom. The molecule has 1 heterocycles. The lowest BCUT2D eigenvalue weighted by molar-refractivity contribution is 0.0954. The van der Waals surface area contributed by atoms with Crippen molar-refractivity contribution in [2.75, 3.05) is 0 Å². The molecule has 2 aromatic rings. The van der Waals surface area contributed by atoms with E-state index in [1.165, 1.54) is 17.3 Å². The Bertz CT molecular complexity index is 650. The third kappa shape index (κ3) is 2.74. The monoisotopic (exact) mass is 265 g/mol. The second kappa shape index (κ2) is 5.65. The highest BCUT2D eigenvalue weighted by Gasteiger charge is 2.14. The van der Waals surface area contributed by atoms with Crippen molar-refractivity contribution >= 4 is 11.6 Å². The molecular weight excluding hydrogens is 250 g/mol. The number of fused-ring (bicyclic) bond motifs is 1. The minimum absolute atomic E-state index is 0.218. The van der Waals surface area contributed by atoms with Gasteiger partial charge in [0.25, 0.3) is 5.91 Å². The molecule has 0 saturated heterocycles. The van der Waals surface area contributed by atoms with E-state index in [0.717, 1.165) is 25.0 Å². The van der Waals surface area contributed by atoms with Crippen LogP contribution in [0, 0.1) is 0 Å². The largest absolute Gasteiger partial charge is 0.272 e. The zero-order valence-corrected chi connectivity index (χ0v) is 11.0. The summed E-state index contributed by atoms with van der Waals surface area (Å²) in [6.07, 6.45) is 5.86. The standard InChI is InChI=1S/C16H15N3O/c20-16(14-6-3-9-17-11-14)19-18-15-8-7-12-4-1-2-5-13(12)10-15/h1-6,9,11H,7-8,10H2,(H,19,20)/b18-15-. The van der Waals surface area contributed by atoms with E-state index in [1.54, 1.807) is 18.3 Å². The van der Waals surface area contributed by atoms with Crippen LogP contribution in [0.15, 0.2) is 53.9 Å². The number of hydrogen-bond acceptors (Lipinski definition) is 3. The maximum Gasteiger partial charge on any atom is 0.272 e. The Kier molecular flexibility index (Phi) is 3.54. The first-order valence-corrected chi connectivity index (χ1v) is 6.65. The van der Waals surface area contributed by atoms with Crippen LogP contribution in [-0.2, 0) is 12.8 Å². The van der Waals surface area contributed by atoms with Crippen LogP contribution in [0.2, 0.25) is 0 Å². The first-order chi connectivity index (χ1) is 9.83. The van der Waals surface area contributed by atoms with Crippen LogP contribution < -0.4 is 5.43 Å². The Morgan fingerprint density at radius 3 is 2.75 bits per heavy atom. The highest BCUT2D eigenvalue weighted by Crippen LogP contribution is 2.18. The molecule has 4 nitrogen and oxygen atoms in total. The molecule has 1 N–H and O–H groups in total. The van der Waals surface area contributed by atoms with E-state index in [4.69, 9.17) is 0 Å². The molecule has 1 aromatic carbocycles. The Balaban J connectivity index is 1.68. The normalized spacial score (nSPS) is 15.7. The number of carbonyl (C=O) groups is 1. The number of hydrazone groups is 1. The van der Waals surface area contributed by atoms with E-state index in [1.807, 2.05) is 6.07 Å². The van der Waals surface area contributed by atoms with Crippen LogP contribution in [0.5, 0.6) is 0 Å². The molecule has 100 valence electrons. The van der Waals surface area contributed by atoms with E-state index in [-0.39, 0.29) is 5.91 Å². The molecule has 0 bridgehead atoms. The fourth-order valence-corrected chi connectivity index (χ4v) is 2.35. The Labute approximate surface area is 117 Å². The summed E-state index contributed by atoms with van der Waals surface area (Å²) >= 11 is 0. The van der Waals surface area contributed by atoms with Gasteiger partial charge in [0.05, 0.1) is 5.56 Å². The van der Waals surface area contributed by atoms with Crippen LogP contribution in [0.4, 0.5) is 0 Å². The van der Waals surface area contributed by atoms with E-state index < -0.39 is 0 Å². The molecule has 0 radical (unpaired) electrons. The van der Waals surface area contributed by atoms with Crippen molar-refractivity contribution in [1.82, 2.24) is 10.4 Å². The summed E-state index contributed by atoms with van der Waals surface area (Å²) in [7, 11) is 0. The number of aromatic nitrogens is 1. The number of nitrogens with one attached hydrogen (secondary N) is 1. The lowest BCUT2D eigenvalue weighted by atomic mass is 9.90. The number of amides is 1. The van der Waals surface area contributed by atoms with E-state index in [2.05, 4.69) is 33.7 Å². The topological polar surface area (TPSA) is 54.4 Å². The molecule has 0 atom stereocenters. The molecular formula is C16H15N3O. The lowest BCUT2D eigenvalue weighted by Crippen LogP contribution is -2.22. The van der Waals surface area contributed by atoms with Gasteiger partial charge in [-0.2, -0.15) is 5.10 Å². The summed E-state index contributed by atoms with van der Waals surface area (Å²) in [5, 5.41) is 4.25. The maximum atomic E-state index is 11.9. The fraction of sp³-hybridized carbons (Fsp3) is 0.188. The van der Waals surface area contributed by atoms with Gasteiger partial charge < -0.3 is 0 Å². The Morgan fingerprint density at radius 2 is 1.95 bits per heavy atom. The molecule has 1 aliphatic rings. The van der Waals surface area contributed by atoms with Gasteiger partial charge in [0, 0.05) is 24.5 Å². The van der Waals surface area contributed by atoms with E-state index >= 15 is 0 Å². The zero-order chi connectivity index (χ0) is 13.8. The van der Waals surface area contributed by atoms with E-state index in [9.17, 15) is 4.79 Å². The number of rotatable bonds is 2. The highest BCUT2D eigenvalue weighted by molar-refractivity contribution is 5.95. The van der Waals surface area contributed by atoms with Gasteiger partial charge in [-0.15, -0.1) is 0 Å². The number of aryl methyl sites for hydroxylation is 1. The van der Waals surface area contributed by atoms with Gasteiger partial charge in [-0.25, -0.2) is 5.43 Å². The average molecular weight is 265 g/mol. The first-order valence-electron chi connectivity index (χ1n) is 6.65. The number of benzene rings is 1. The Hall–Kier alpha value is -2.49. The third-order valence-corrected chi connectivity index (χ3v) is 3.44. The third-order valence-electron chi connectivity index (χ3n) is 3.44. The quantitative estimate of drug-likeness (QED) is 0.847. The molecule has 1 aliphatic carbocycles. The van der Waals surface area contributed by atoms with Gasteiger partial charge in [0.15, 0.2) is 0 Å². The summed E-state index contributed by atoms with van der Waals surface area (Å²) in [4.78, 5) is 15.8. The van der Waals surface area contributed by atoms with Crippen molar-refractivity contribution < 1.29 is 4.79 Å². The number of pyridine rings is 1. The minimum atomic E-state index is -0.218. The van der Waals surface area contributed by atoms with E-state index in [0.29, 0.717) is 5.56 Å². The van der Waals surface area contributed by atoms with Gasteiger partial charge in [0.1, 0.15) is 0 Å². The van der Waals surface area contributed by atoms with Crippen LogP contribution >= 0.6 is 0 Å². The molecule has 3 rings (SSSR count). The van der Waals surface area contributed by atoms with Crippen molar-refractivity contribution in [2.45, 2.75) is 19.3 Å². The van der Waals surface area contributed by atoms with Crippen molar-refractivity contribution in [2.24, 2.45) is 5.10 Å². The van der Waals surface area contributed by atoms with Gasteiger partial charge in [-0.1, -0.05) is 24.3 Å². The number of nitrogens with zero attached hydrogens (tertiary/aromatic N) is 2. The van der Waals surface area contributed by atoms with Crippen LogP contribution in [0.3, 0.4) is 0 Å². The molecule has 0 saturated carbocycles. The SMILES string of the molecule is O=C(N/N=C1/CCc2ccccc2C1)c1cccnc1. The fourth-order valence-electron chi connectivity index (χ4n) is 2.35. The van der Waals surface area contributed by atoms with Crippen molar-refractivity contribution in [3.8, 4) is 0 Å². The summed E-state index contributed by atoms with van der Waals surface area (Å²) in [6.45, 7) is 0. The number of hydrogen-bond donors (Lipinski definition) is 1. The molecule has 1 amide bonds. The molecule has 20 heavy (non-hydrogen) atoms. The first kappa shape index (κ1) is 12.5.